The summed E-state index contributed by atoms with van der Waals surface area (Å²) >= 11 is 5.52. The van der Waals surface area contributed by atoms with Gasteiger partial charge in [0.2, 0.25) is 0 Å². The molecular weight excluding hydrogens is 284 g/mol. The van der Waals surface area contributed by atoms with Gasteiger partial charge in [0, 0.05) is 11.8 Å². The van der Waals surface area contributed by atoms with Gasteiger partial charge < -0.3 is 0 Å². The smallest absolute Gasteiger partial charge is 0.252 e. The summed E-state index contributed by atoms with van der Waals surface area (Å²) in [7, 11) is -3.39. The van der Waals surface area contributed by atoms with Crippen molar-refractivity contribution >= 4 is 26.7 Å². The van der Waals surface area contributed by atoms with E-state index in [4.69, 9.17) is 11.6 Å². The van der Waals surface area contributed by atoms with E-state index in [0.717, 1.165) is 11.8 Å². The highest BCUT2D eigenvalue weighted by Crippen LogP contribution is 2.24. The second kappa shape index (κ2) is 6.35. The number of halogens is 1. The maximum atomic E-state index is 11.8. The highest BCUT2D eigenvalue weighted by molar-refractivity contribution is 7.90. The largest absolute Gasteiger partial charge is 0.276 e. The van der Waals surface area contributed by atoms with Gasteiger partial charge in [-0.3, -0.25) is 4.79 Å². The molecule has 0 N–H and O–H groups in total. The van der Waals surface area contributed by atoms with E-state index in [1.165, 1.54) is 6.07 Å². The van der Waals surface area contributed by atoms with Gasteiger partial charge in [0.1, 0.15) is 0 Å². The van der Waals surface area contributed by atoms with Crippen molar-refractivity contribution in [2.45, 2.75) is 31.6 Å². The van der Waals surface area contributed by atoms with E-state index in [-0.39, 0.29) is 10.5 Å². The van der Waals surface area contributed by atoms with Crippen molar-refractivity contribution in [3.05, 3.63) is 41.0 Å². The van der Waals surface area contributed by atoms with Crippen LogP contribution < -0.4 is 0 Å². The normalized spacial score (nSPS) is 12.0. The molecule has 1 aromatic rings. The van der Waals surface area contributed by atoms with Gasteiger partial charge in [0.25, 0.3) is 5.24 Å². The Morgan fingerprint density at radius 2 is 1.95 bits per heavy atom. The van der Waals surface area contributed by atoms with Crippen LogP contribution in [0.1, 0.15) is 35.3 Å². The molecule has 0 saturated carbocycles. The standard InChI is InChI=1S/C14H17ClO3S/c1-4-6-7-11-8-10(5-2)12(14(15)16)9-13(11)19(3,17)18/h4,6,8-9H,5,7H2,1-3H3. The van der Waals surface area contributed by atoms with Gasteiger partial charge in [-0.15, -0.1) is 0 Å². The Bertz CT molecular complexity index is 616. The maximum Gasteiger partial charge on any atom is 0.252 e. The van der Waals surface area contributed by atoms with Gasteiger partial charge in [-0.05, 0) is 48.6 Å². The minimum atomic E-state index is -3.39. The Morgan fingerprint density at radius 1 is 1.32 bits per heavy atom. The third kappa shape index (κ3) is 3.91. The number of carbonyl (C=O) groups is 1. The highest BCUT2D eigenvalue weighted by atomic mass is 35.5. The van der Waals surface area contributed by atoms with Crippen molar-refractivity contribution in [2.24, 2.45) is 0 Å². The second-order valence-electron chi connectivity index (χ2n) is 4.29. The van der Waals surface area contributed by atoms with Crippen LogP contribution in [0.4, 0.5) is 0 Å². The van der Waals surface area contributed by atoms with Crippen LogP contribution in [0, 0.1) is 0 Å². The van der Waals surface area contributed by atoms with Crippen molar-refractivity contribution in [2.75, 3.05) is 6.26 Å². The van der Waals surface area contributed by atoms with E-state index in [2.05, 4.69) is 0 Å². The fourth-order valence-electron chi connectivity index (χ4n) is 1.90. The van der Waals surface area contributed by atoms with Gasteiger partial charge in [0.15, 0.2) is 9.84 Å². The number of hydrogen-bond acceptors (Lipinski definition) is 3. The van der Waals surface area contributed by atoms with E-state index in [1.54, 1.807) is 6.07 Å². The summed E-state index contributed by atoms with van der Waals surface area (Å²) < 4.78 is 23.6. The summed E-state index contributed by atoms with van der Waals surface area (Å²) in [5.74, 6) is 0. The number of benzene rings is 1. The molecule has 0 fully saturated rings. The molecule has 0 aliphatic rings. The zero-order valence-corrected chi connectivity index (χ0v) is 12.8. The number of hydrogen-bond donors (Lipinski definition) is 0. The predicted octanol–water partition coefficient (Wildman–Crippen LogP) is 3.15. The second-order valence-corrected chi connectivity index (χ2v) is 6.62. The van der Waals surface area contributed by atoms with Gasteiger partial charge >= 0.3 is 0 Å². The summed E-state index contributed by atoms with van der Waals surface area (Å²) in [6.07, 6.45) is 6.02. The molecule has 1 rings (SSSR count). The zero-order valence-electron chi connectivity index (χ0n) is 11.2. The molecule has 0 bridgehead atoms. The van der Waals surface area contributed by atoms with Crippen LogP contribution in [0.5, 0.6) is 0 Å². The molecule has 0 radical (unpaired) electrons. The summed E-state index contributed by atoms with van der Waals surface area (Å²) in [5, 5.41) is -0.626. The first kappa shape index (κ1) is 15.9. The van der Waals surface area contributed by atoms with Crippen LogP contribution in [0.25, 0.3) is 0 Å². The monoisotopic (exact) mass is 300 g/mol. The molecular formula is C14H17ClO3S. The predicted molar refractivity (Wildman–Crippen MR) is 77.6 cm³/mol. The SMILES string of the molecule is CC=CCc1cc(CC)c(C(=O)Cl)cc1S(C)(=O)=O. The third-order valence-electron chi connectivity index (χ3n) is 2.85. The molecule has 3 nitrogen and oxygen atoms in total. The lowest BCUT2D eigenvalue weighted by Gasteiger charge is -2.12. The Labute approximate surface area is 119 Å². The molecule has 0 aliphatic heterocycles. The molecule has 19 heavy (non-hydrogen) atoms. The molecule has 1 aromatic carbocycles. The van der Waals surface area contributed by atoms with Crippen LogP contribution in [-0.4, -0.2) is 19.9 Å². The Balaban J connectivity index is 3.57. The first-order valence-corrected chi connectivity index (χ1v) is 8.25. The molecule has 0 unspecified atom stereocenters. The summed E-state index contributed by atoms with van der Waals surface area (Å²) in [6.45, 7) is 3.77. The minimum Gasteiger partial charge on any atom is -0.276 e. The van der Waals surface area contributed by atoms with Gasteiger partial charge in [-0.2, -0.15) is 0 Å². The van der Waals surface area contributed by atoms with Crippen molar-refractivity contribution in [1.29, 1.82) is 0 Å². The molecule has 0 amide bonds. The number of allylic oxidation sites excluding steroid dienone is 2. The lowest BCUT2D eigenvalue weighted by atomic mass is 10.0. The fraction of sp³-hybridized carbons (Fsp3) is 0.357. The van der Waals surface area contributed by atoms with Crippen LogP contribution in [0.3, 0.4) is 0 Å². The topological polar surface area (TPSA) is 51.2 Å². The highest BCUT2D eigenvalue weighted by Gasteiger charge is 2.18. The van der Waals surface area contributed by atoms with Crippen LogP contribution in [0.15, 0.2) is 29.2 Å². The third-order valence-corrected chi connectivity index (χ3v) is 4.23. The average molecular weight is 301 g/mol. The molecule has 104 valence electrons. The van der Waals surface area contributed by atoms with E-state index in [1.807, 2.05) is 26.0 Å². The minimum absolute atomic E-state index is 0.173. The summed E-state index contributed by atoms with van der Waals surface area (Å²) in [6, 6.07) is 3.15. The van der Waals surface area contributed by atoms with E-state index < -0.39 is 15.1 Å². The molecule has 0 saturated heterocycles. The number of aryl methyl sites for hydroxylation is 1. The maximum absolute atomic E-state index is 11.8. The van der Waals surface area contributed by atoms with Crippen LogP contribution in [0.2, 0.25) is 0 Å². The first-order chi connectivity index (χ1) is 8.81. The summed E-state index contributed by atoms with van der Waals surface area (Å²) in [5.41, 5.74) is 1.74. The molecule has 0 atom stereocenters. The van der Waals surface area contributed by atoms with Crippen molar-refractivity contribution in [3.63, 3.8) is 0 Å². The van der Waals surface area contributed by atoms with Crippen molar-refractivity contribution in [1.82, 2.24) is 0 Å². The fourth-order valence-corrected chi connectivity index (χ4v) is 3.03. The Morgan fingerprint density at radius 3 is 2.37 bits per heavy atom. The van der Waals surface area contributed by atoms with E-state index in [0.29, 0.717) is 18.4 Å². The van der Waals surface area contributed by atoms with Crippen molar-refractivity contribution < 1.29 is 13.2 Å². The quantitative estimate of drug-likeness (QED) is 0.620. The van der Waals surface area contributed by atoms with Crippen LogP contribution in [-0.2, 0) is 22.7 Å². The molecule has 0 spiro atoms. The molecule has 0 aliphatic carbocycles. The first-order valence-electron chi connectivity index (χ1n) is 5.98. The Hall–Kier alpha value is -1.13. The Kier molecular flexibility index (Phi) is 5.32. The van der Waals surface area contributed by atoms with E-state index >= 15 is 0 Å². The lowest BCUT2D eigenvalue weighted by Crippen LogP contribution is -2.07. The molecule has 0 heterocycles. The van der Waals surface area contributed by atoms with Crippen molar-refractivity contribution in [3.8, 4) is 0 Å². The summed E-state index contributed by atoms with van der Waals surface area (Å²) in [4.78, 5) is 11.6. The number of sulfone groups is 1. The molecule has 5 heteroatoms. The zero-order chi connectivity index (χ0) is 14.6. The molecule has 0 aromatic heterocycles. The average Bonchev–Trinajstić information content (AvgIpc) is 2.33. The van der Waals surface area contributed by atoms with Gasteiger partial charge in [-0.25, -0.2) is 8.42 Å². The van der Waals surface area contributed by atoms with Gasteiger partial charge in [0.05, 0.1) is 4.90 Å². The van der Waals surface area contributed by atoms with Crippen LogP contribution >= 0.6 is 11.6 Å². The number of carbonyl (C=O) groups excluding carboxylic acids is 1. The number of rotatable bonds is 5. The van der Waals surface area contributed by atoms with E-state index in [9.17, 15) is 13.2 Å². The van der Waals surface area contributed by atoms with Gasteiger partial charge in [-0.1, -0.05) is 25.1 Å². The lowest BCUT2D eigenvalue weighted by molar-refractivity contribution is 0.108.